The van der Waals surface area contributed by atoms with Crippen LogP contribution in [0.2, 0.25) is 0 Å². The lowest BCUT2D eigenvalue weighted by Crippen LogP contribution is -2.49. The number of phenolic OH excluding ortho intramolecular Hbond substituents is 1. The van der Waals surface area contributed by atoms with Crippen LogP contribution in [0.1, 0.15) is 25.5 Å². The van der Waals surface area contributed by atoms with Crippen molar-refractivity contribution in [2.75, 3.05) is 32.8 Å². The fraction of sp³-hybridized carbons (Fsp3) is 0.600. The van der Waals surface area contributed by atoms with Crippen molar-refractivity contribution in [1.29, 1.82) is 0 Å². The lowest BCUT2D eigenvalue weighted by Gasteiger charge is -2.43. The Hall–Kier alpha value is -1.70. The van der Waals surface area contributed by atoms with Crippen LogP contribution in [0.5, 0.6) is 5.75 Å². The van der Waals surface area contributed by atoms with E-state index in [1.54, 1.807) is 0 Å². The van der Waals surface area contributed by atoms with Gasteiger partial charge in [0.1, 0.15) is 5.75 Å². The van der Waals surface area contributed by atoms with Crippen LogP contribution in [0.25, 0.3) is 0 Å². The van der Waals surface area contributed by atoms with Crippen molar-refractivity contribution in [3.8, 4) is 5.75 Å². The Balaban J connectivity index is 2.48. The molecule has 3 N–H and O–H groups in total. The molecule has 1 aliphatic heterocycles. The number of hydrogen-bond donors (Lipinski definition) is 3. The standard InChI is InChI=1S/C15H23N3O4/c1-15(2,10-19)14(17-7-5-16-6-8-17)12-9-11(18(21)22)3-4-13(12)20/h3-4,9,14,16,19-20H,5-8,10H2,1-2H3/t14-/m0/s1. The van der Waals surface area contributed by atoms with Crippen molar-refractivity contribution < 1.29 is 15.1 Å². The number of nitrogens with one attached hydrogen (secondary N) is 1. The summed E-state index contributed by atoms with van der Waals surface area (Å²) in [5.41, 5.74) is -0.0962. The first kappa shape index (κ1) is 16.7. The monoisotopic (exact) mass is 309 g/mol. The van der Waals surface area contributed by atoms with Gasteiger partial charge in [-0.1, -0.05) is 13.8 Å². The summed E-state index contributed by atoms with van der Waals surface area (Å²) in [5, 5.41) is 34.3. The molecule has 2 rings (SSSR count). The second-order valence-electron chi connectivity index (χ2n) is 6.34. The van der Waals surface area contributed by atoms with Gasteiger partial charge in [-0.25, -0.2) is 0 Å². The number of aliphatic hydroxyl groups excluding tert-OH is 1. The molecule has 22 heavy (non-hydrogen) atoms. The van der Waals surface area contributed by atoms with E-state index in [2.05, 4.69) is 10.2 Å². The van der Waals surface area contributed by atoms with Gasteiger partial charge in [-0.3, -0.25) is 15.0 Å². The number of nitrogens with zero attached hydrogens (tertiary/aromatic N) is 2. The number of nitro benzene ring substituents is 1. The molecule has 0 unspecified atom stereocenters. The Labute approximate surface area is 129 Å². The molecule has 1 fully saturated rings. The molecule has 0 bridgehead atoms. The van der Waals surface area contributed by atoms with E-state index in [0.717, 1.165) is 26.2 Å². The number of piperazine rings is 1. The normalized spacial score (nSPS) is 18.1. The Morgan fingerprint density at radius 3 is 2.59 bits per heavy atom. The summed E-state index contributed by atoms with van der Waals surface area (Å²) < 4.78 is 0. The molecule has 0 radical (unpaired) electrons. The molecule has 0 amide bonds. The summed E-state index contributed by atoms with van der Waals surface area (Å²) in [6.45, 7) is 6.87. The van der Waals surface area contributed by atoms with Crippen molar-refractivity contribution in [3.05, 3.63) is 33.9 Å². The highest BCUT2D eigenvalue weighted by Gasteiger charge is 2.37. The third kappa shape index (κ3) is 3.37. The van der Waals surface area contributed by atoms with Crippen molar-refractivity contribution in [2.24, 2.45) is 5.41 Å². The molecule has 0 aliphatic carbocycles. The van der Waals surface area contributed by atoms with Crippen LogP contribution in [0.3, 0.4) is 0 Å². The molecule has 1 heterocycles. The smallest absolute Gasteiger partial charge is 0.270 e. The molecule has 7 heteroatoms. The summed E-state index contributed by atoms with van der Waals surface area (Å²) in [4.78, 5) is 12.7. The number of benzene rings is 1. The number of nitro groups is 1. The second-order valence-corrected chi connectivity index (χ2v) is 6.34. The molecule has 1 atom stereocenters. The fourth-order valence-corrected chi connectivity index (χ4v) is 3.01. The minimum atomic E-state index is -0.538. The number of hydrogen-bond acceptors (Lipinski definition) is 6. The van der Waals surface area contributed by atoms with Crippen molar-refractivity contribution in [1.82, 2.24) is 10.2 Å². The first-order valence-electron chi connectivity index (χ1n) is 7.40. The largest absolute Gasteiger partial charge is 0.508 e. The highest BCUT2D eigenvalue weighted by atomic mass is 16.6. The van der Waals surface area contributed by atoms with E-state index in [-0.39, 0.29) is 24.1 Å². The van der Waals surface area contributed by atoms with Crippen LogP contribution in [0.4, 0.5) is 5.69 Å². The van der Waals surface area contributed by atoms with E-state index in [4.69, 9.17) is 0 Å². The van der Waals surface area contributed by atoms with Crippen LogP contribution < -0.4 is 5.32 Å². The Morgan fingerprint density at radius 1 is 1.41 bits per heavy atom. The van der Waals surface area contributed by atoms with Gasteiger partial charge in [0.2, 0.25) is 0 Å². The molecule has 0 saturated carbocycles. The zero-order chi connectivity index (χ0) is 16.3. The number of rotatable bonds is 5. The van der Waals surface area contributed by atoms with Gasteiger partial charge in [0.05, 0.1) is 4.92 Å². The summed E-state index contributed by atoms with van der Waals surface area (Å²) in [5.74, 6) is 0.0238. The second kappa shape index (κ2) is 6.60. The Kier molecular flexibility index (Phi) is 5.00. The molecular weight excluding hydrogens is 286 g/mol. The van der Waals surface area contributed by atoms with Crippen LogP contribution >= 0.6 is 0 Å². The van der Waals surface area contributed by atoms with Gasteiger partial charge in [-0.05, 0) is 6.07 Å². The maximum absolute atomic E-state index is 11.0. The fourth-order valence-electron chi connectivity index (χ4n) is 3.01. The highest BCUT2D eigenvalue weighted by molar-refractivity contribution is 5.45. The molecule has 0 spiro atoms. The molecule has 1 aromatic rings. The van der Waals surface area contributed by atoms with Gasteiger partial charge in [-0.15, -0.1) is 0 Å². The van der Waals surface area contributed by atoms with Crippen molar-refractivity contribution >= 4 is 5.69 Å². The SMILES string of the molecule is CC(C)(CO)[C@H](c1cc([N+](=O)[O-])ccc1O)N1CCNCC1. The van der Waals surface area contributed by atoms with Crippen molar-refractivity contribution in [2.45, 2.75) is 19.9 Å². The number of aliphatic hydroxyl groups is 1. The quantitative estimate of drug-likeness (QED) is 0.559. The predicted octanol–water partition coefficient (Wildman–Crippen LogP) is 1.27. The summed E-state index contributed by atoms with van der Waals surface area (Å²) in [7, 11) is 0. The zero-order valence-electron chi connectivity index (χ0n) is 13.0. The topological polar surface area (TPSA) is 98.9 Å². The van der Waals surface area contributed by atoms with Gasteiger partial charge in [0.25, 0.3) is 5.69 Å². The van der Waals surface area contributed by atoms with Gasteiger partial charge in [0.15, 0.2) is 0 Å². The van der Waals surface area contributed by atoms with E-state index in [9.17, 15) is 20.3 Å². The Bertz CT molecular complexity index is 542. The average molecular weight is 309 g/mol. The molecule has 1 aliphatic rings. The van der Waals surface area contributed by atoms with E-state index in [1.165, 1.54) is 18.2 Å². The highest BCUT2D eigenvalue weighted by Crippen LogP contribution is 2.42. The average Bonchev–Trinajstić information content (AvgIpc) is 2.50. The maximum atomic E-state index is 11.0. The van der Waals surface area contributed by atoms with Crippen LogP contribution in [-0.2, 0) is 0 Å². The maximum Gasteiger partial charge on any atom is 0.270 e. The zero-order valence-corrected chi connectivity index (χ0v) is 13.0. The minimum Gasteiger partial charge on any atom is -0.508 e. The molecule has 1 saturated heterocycles. The summed E-state index contributed by atoms with van der Waals surface area (Å²) >= 11 is 0. The van der Waals surface area contributed by atoms with Crippen molar-refractivity contribution in [3.63, 3.8) is 0 Å². The van der Waals surface area contributed by atoms with Gasteiger partial charge in [-0.2, -0.15) is 0 Å². The molecule has 1 aromatic carbocycles. The molecule has 7 nitrogen and oxygen atoms in total. The predicted molar refractivity (Wildman–Crippen MR) is 82.8 cm³/mol. The lowest BCUT2D eigenvalue weighted by atomic mass is 9.79. The first-order valence-corrected chi connectivity index (χ1v) is 7.40. The third-order valence-corrected chi connectivity index (χ3v) is 4.18. The minimum absolute atomic E-state index is 0.0238. The molecular formula is C15H23N3O4. The van der Waals surface area contributed by atoms with Crippen LogP contribution in [0.15, 0.2) is 18.2 Å². The van der Waals surface area contributed by atoms with E-state index in [0.29, 0.717) is 5.56 Å². The third-order valence-electron chi connectivity index (χ3n) is 4.18. The first-order chi connectivity index (χ1) is 10.4. The van der Waals surface area contributed by atoms with Crippen LogP contribution in [-0.4, -0.2) is 52.8 Å². The number of phenols is 1. The number of aromatic hydroxyl groups is 1. The van der Waals surface area contributed by atoms with Crippen LogP contribution in [0, 0.1) is 15.5 Å². The lowest BCUT2D eigenvalue weighted by molar-refractivity contribution is -0.385. The van der Waals surface area contributed by atoms with Gasteiger partial charge >= 0.3 is 0 Å². The molecule has 122 valence electrons. The Morgan fingerprint density at radius 2 is 2.05 bits per heavy atom. The number of non-ortho nitro benzene ring substituents is 1. The summed E-state index contributed by atoms with van der Waals surface area (Å²) in [6, 6.07) is 3.77. The van der Waals surface area contributed by atoms with E-state index < -0.39 is 10.3 Å². The molecule has 0 aromatic heterocycles. The van der Waals surface area contributed by atoms with Gasteiger partial charge in [0, 0.05) is 61.9 Å². The summed E-state index contributed by atoms with van der Waals surface area (Å²) in [6.07, 6.45) is 0. The van der Waals surface area contributed by atoms with E-state index >= 15 is 0 Å². The van der Waals surface area contributed by atoms with E-state index in [1.807, 2.05) is 13.8 Å². The van der Waals surface area contributed by atoms with Gasteiger partial charge < -0.3 is 15.5 Å².